The molecule has 44 heavy (non-hydrogen) atoms. The van der Waals surface area contributed by atoms with Crippen LogP contribution in [-0.2, 0) is 22.8 Å². The van der Waals surface area contributed by atoms with E-state index in [0.717, 1.165) is 10.5 Å². The second kappa shape index (κ2) is 13.6. The summed E-state index contributed by atoms with van der Waals surface area (Å²) in [5.74, 6) is -1.24. The zero-order valence-electron chi connectivity index (χ0n) is 23.3. The van der Waals surface area contributed by atoms with Gasteiger partial charge in [-0.05, 0) is 67.1 Å². The van der Waals surface area contributed by atoms with E-state index in [1.165, 1.54) is 36.4 Å². The summed E-state index contributed by atoms with van der Waals surface area (Å²) in [6, 6.07) is 21.8. The standard InChI is InChI=1S/C33H25Cl2FN2O6/c1-2-42-29-17-20(16-27(35)30(29)44-19-22-8-4-6-10-28(22)36)15-25-31(39)37-33(41)38(32(25)40)23-11-13-24(14-12-23)43-18-21-7-3-5-9-26(21)34/h3-17H,2,18-19H2,1H3,(H,37,39,41)/b25-15+. The number of rotatable bonds is 10. The molecule has 224 valence electrons. The van der Waals surface area contributed by atoms with Crippen molar-refractivity contribution in [1.29, 1.82) is 0 Å². The Kier molecular flexibility index (Phi) is 9.47. The van der Waals surface area contributed by atoms with Crippen molar-refractivity contribution in [2.75, 3.05) is 11.5 Å². The summed E-state index contributed by atoms with van der Waals surface area (Å²) in [5.41, 5.74) is 1.39. The molecule has 4 aromatic carbocycles. The third-order valence-electron chi connectivity index (χ3n) is 6.52. The highest BCUT2D eigenvalue weighted by Crippen LogP contribution is 2.38. The number of barbiturate groups is 1. The van der Waals surface area contributed by atoms with Crippen molar-refractivity contribution in [3.63, 3.8) is 0 Å². The number of carbonyl (C=O) groups is 3. The van der Waals surface area contributed by atoms with Crippen LogP contribution in [0, 0.1) is 5.82 Å². The van der Waals surface area contributed by atoms with Gasteiger partial charge < -0.3 is 14.2 Å². The fourth-order valence-electron chi connectivity index (χ4n) is 4.37. The molecule has 0 saturated carbocycles. The summed E-state index contributed by atoms with van der Waals surface area (Å²) in [7, 11) is 0. The van der Waals surface area contributed by atoms with Crippen molar-refractivity contribution in [1.82, 2.24) is 5.32 Å². The Hall–Kier alpha value is -4.86. The van der Waals surface area contributed by atoms with Gasteiger partial charge in [-0.25, -0.2) is 14.1 Å². The van der Waals surface area contributed by atoms with Gasteiger partial charge in [-0.3, -0.25) is 14.9 Å². The van der Waals surface area contributed by atoms with Crippen LogP contribution in [-0.4, -0.2) is 24.5 Å². The SMILES string of the molecule is CCOc1cc(/C=C2\C(=O)NC(=O)N(c3ccc(OCc4ccccc4Cl)cc3)C2=O)cc(Cl)c1OCc1ccccc1F. The van der Waals surface area contributed by atoms with Crippen LogP contribution in [0.3, 0.4) is 0 Å². The van der Waals surface area contributed by atoms with Crippen LogP contribution in [0.15, 0.2) is 90.5 Å². The lowest BCUT2D eigenvalue weighted by Gasteiger charge is -2.26. The fourth-order valence-corrected chi connectivity index (χ4v) is 4.83. The van der Waals surface area contributed by atoms with Crippen LogP contribution in [0.25, 0.3) is 6.08 Å². The Morgan fingerprint density at radius 1 is 0.818 bits per heavy atom. The third kappa shape index (κ3) is 6.85. The summed E-state index contributed by atoms with van der Waals surface area (Å²) >= 11 is 12.7. The van der Waals surface area contributed by atoms with Gasteiger partial charge in [0, 0.05) is 16.1 Å². The minimum atomic E-state index is -0.896. The first-order valence-corrected chi connectivity index (χ1v) is 14.2. The van der Waals surface area contributed by atoms with Crippen molar-refractivity contribution < 1.29 is 33.0 Å². The molecule has 8 nitrogen and oxygen atoms in total. The topological polar surface area (TPSA) is 94.2 Å². The predicted octanol–water partition coefficient (Wildman–Crippen LogP) is 7.36. The molecule has 1 fully saturated rings. The quantitative estimate of drug-likeness (QED) is 0.145. The maximum Gasteiger partial charge on any atom is 0.335 e. The first-order chi connectivity index (χ1) is 21.2. The Bertz CT molecular complexity index is 1760. The average Bonchev–Trinajstić information content (AvgIpc) is 3.00. The van der Waals surface area contributed by atoms with E-state index in [1.807, 2.05) is 18.2 Å². The minimum absolute atomic E-state index is 0.102. The van der Waals surface area contributed by atoms with Gasteiger partial charge in [0.2, 0.25) is 0 Å². The van der Waals surface area contributed by atoms with Crippen LogP contribution in [0.5, 0.6) is 17.2 Å². The van der Waals surface area contributed by atoms with Gasteiger partial charge in [0.05, 0.1) is 17.3 Å². The van der Waals surface area contributed by atoms with Crippen LogP contribution in [0.2, 0.25) is 10.0 Å². The van der Waals surface area contributed by atoms with E-state index < -0.39 is 23.7 Å². The number of carbonyl (C=O) groups excluding carboxylic acids is 3. The number of hydrogen-bond donors (Lipinski definition) is 1. The molecule has 0 radical (unpaired) electrons. The summed E-state index contributed by atoms with van der Waals surface area (Å²) in [6.07, 6.45) is 1.30. The van der Waals surface area contributed by atoms with Crippen molar-refractivity contribution >= 4 is 52.8 Å². The first kappa shape index (κ1) is 30.6. The number of amides is 4. The lowest BCUT2D eigenvalue weighted by Crippen LogP contribution is -2.54. The molecule has 1 saturated heterocycles. The molecule has 4 amide bonds. The zero-order chi connectivity index (χ0) is 31.2. The van der Waals surface area contributed by atoms with Gasteiger partial charge in [-0.15, -0.1) is 0 Å². The molecule has 0 spiro atoms. The number of anilines is 1. The maximum absolute atomic E-state index is 14.1. The Morgan fingerprint density at radius 3 is 2.20 bits per heavy atom. The molecule has 11 heteroatoms. The number of ether oxygens (including phenoxy) is 3. The second-order valence-electron chi connectivity index (χ2n) is 9.47. The average molecular weight is 635 g/mol. The van der Waals surface area contributed by atoms with Gasteiger partial charge in [0.25, 0.3) is 11.8 Å². The number of hydrogen-bond acceptors (Lipinski definition) is 6. The molecule has 4 aromatic rings. The molecule has 1 aliphatic heterocycles. The van der Waals surface area contributed by atoms with E-state index in [2.05, 4.69) is 5.32 Å². The van der Waals surface area contributed by atoms with Crippen molar-refractivity contribution in [2.45, 2.75) is 20.1 Å². The predicted molar refractivity (Wildman–Crippen MR) is 165 cm³/mol. The van der Waals surface area contributed by atoms with E-state index >= 15 is 0 Å². The zero-order valence-corrected chi connectivity index (χ0v) is 24.8. The van der Waals surface area contributed by atoms with E-state index in [1.54, 1.807) is 43.3 Å². The van der Waals surface area contributed by atoms with Crippen LogP contribution in [0.4, 0.5) is 14.9 Å². The molecule has 1 N–H and O–H groups in total. The van der Waals surface area contributed by atoms with Crippen molar-refractivity contribution in [3.8, 4) is 17.2 Å². The second-order valence-corrected chi connectivity index (χ2v) is 10.3. The summed E-state index contributed by atoms with van der Waals surface area (Å²) in [4.78, 5) is 39.8. The Morgan fingerprint density at radius 2 is 1.50 bits per heavy atom. The van der Waals surface area contributed by atoms with Gasteiger partial charge in [-0.2, -0.15) is 0 Å². The van der Waals surface area contributed by atoms with Crippen LogP contribution >= 0.6 is 23.2 Å². The minimum Gasteiger partial charge on any atom is -0.490 e. The molecule has 0 aliphatic carbocycles. The Labute approximate surface area is 262 Å². The normalized spacial score (nSPS) is 14.0. The molecule has 1 aliphatic rings. The lowest BCUT2D eigenvalue weighted by atomic mass is 10.1. The number of halogens is 3. The molecule has 0 bridgehead atoms. The number of benzene rings is 4. The molecule has 1 heterocycles. The summed E-state index contributed by atoms with van der Waals surface area (Å²) in [6.45, 7) is 2.14. The molecule has 0 unspecified atom stereocenters. The number of urea groups is 1. The van der Waals surface area contributed by atoms with Gasteiger partial charge in [0.15, 0.2) is 11.5 Å². The summed E-state index contributed by atoms with van der Waals surface area (Å²) < 4.78 is 31.4. The van der Waals surface area contributed by atoms with E-state index in [-0.39, 0.29) is 47.6 Å². The maximum atomic E-state index is 14.1. The third-order valence-corrected chi connectivity index (χ3v) is 7.17. The van der Waals surface area contributed by atoms with Crippen LogP contribution in [0.1, 0.15) is 23.6 Å². The molecule has 0 aromatic heterocycles. The first-order valence-electron chi connectivity index (χ1n) is 13.5. The smallest absolute Gasteiger partial charge is 0.335 e. The largest absolute Gasteiger partial charge is 0.490 e. The highest BCUT2D eigenvalue weighted by Gasteiger charge is 2.37. The summed E-state index contributed by atoms with van der Waals surface area (Å²) in [5, 5.41) is 2.88. The highest BCUT2D eigenvalue weighted by atomic mass is 35.5. The lowest BCUT2D eigenvalue weighted by molar-refractivity contribution is -0.122. The van der Waals surface area contributed by atoms with Crippen molar-refractivity contribution in [2.24, 2.45) is 0 Å². The van der Waals surface area contributed by atoms with Gasteiger partial charge >= 0.3 is 6.03 Å². The monoisotopic (exact) mass is 634 g/mol. The highest BCUT2D eigenvalue weighted by molar-refractivity contribution is 6.39. The van der Waals surface area contributed by atoms with E-state index in [4.69, 9.17) is 37.4 Å². The molecule has 0 atom stereocenters. The number of imide groups is 2. The van der Waals surface area contributed by atoms with Crippen molar-refractivity contribution in [3.05, 3.63) is 123 Å². The molecular formula is C33H25Cl2FN2O6. The van der Waals surface area contributed by atoms with E-state index in [9.17, 15) is 18.8 Å². The number of nitrogens with one attached hydrogen (secondary N) is 1. The van der Waals surface area contributed by atoms with Gasteiger partial charge in [-0.1, -0.05) is 59.6 Å². The van der Waals surface area contributed by atoms with E-state index in [0.29, 0.717) is 21.9 Å². The number of nitrogens with zero attached hydrogens (tertiary/aromatic N) is 1. The van der Waals surface area contributed by atoms with Gasteiger partial charge in [0.1, 0.15) is 30.4 Å². The molecule has 5 rings (SSSR count). The Balaban J connectivity index is 1.36. The van der Waals surface area contributed by atoms with Crippen LogP contribution < -0.4 is 24.4 Å². The fraction of sp³-hybridized carbons (Fsp3) is 0.121. The molecular weight excluding hydrogens is 610 g/mol.